The Morgan fingerprint density at radius 2 is 1.80 bits per heavy atom. The molecule has 2 rings (SSSR count). The molecule has 0 aliphatic carbocycles. The highest BCUT2D eigenvalue weighted by Crippen LogP contribution is 2.39. The van der Waals surface area contributed by atoms with Crippen LogP contribution < -0.4 is 10.5 Å². The van der Waals surface area contributed by atoms with Gasteiger partial charge in [0.1, 0.15) is 12.1 Å². The summed E-state index contributed by atoms with van der Waals surface area (Å²) in [5.74, 6) is -0.610. The molecule has 10 heteroatoms. The molecule has 20 heavy (non-hydrogen) atoms. The molecule has 0 saturated carbocycles. The highest BCUT2D eigenvalue weighted by atomic mass is 35.5. The van der Waals surface area contributed by atoms with Crippen LogP contribution in [0.5, 0.6) is 11.6 Å². The van der Waals surface area contributed by atoms with Crippen molar-refractivity contribution >= 4 is 46.3 Å². The number of halogens is 3. The molecule has 1 aromatic heterocycles. The van der Waals surface area contributed by atoms with Crippen molar-refractivity contribution in [3.05, 3.63) is 43.6 Å². The monoisotopic (exact) mass is 334 g/mol. The van der Waals surface area contributed by atoms with Gasteiger partial charge in [0.2, 0.25) is 5.82 Å². The van der Waals surface area contributed by atoms with Gasteiger partial charge >= 0.3 is 11.6 Å². The van der Waals surface area contributed by atoms with Crippen LogP contribution in [0.4, 0.5) is 11.5 Å². The molecule has 0 aliphatic rings. The van der Waals surface area contributed by atoms with E-state index in [0.717, 1.165) is 6.33 Å². The molecule has 2 aromatic rings. The van der Waals surface area contributed by atoms with Crippen molar-refractivity contribution in [3.63, 3.8) is 0 Å². The Hall–Kier alpha value is -1.83. The molecular formula is C10H5Cl3N4O3. The summed E-state index contributed by atoms with van der Waals surface area (Å²) in [6.45, 7) is 0. The van der Waals surface area contributed by atoms with E-state index >= 15 is 0 Å². The Bertz CT molecular complexity index is 696. The highest BCUT2D eigenvalue weighted by Gasteiger charge is 2.24. The van der Waals surface area contributed by atoms with Crippen molar-refractivity contribution in [1.82, 2.24) is 9.97 Å². The molecule has 0 aliphatic heterocycles. The number of hydrogen-bond donors (Lipinski definition) is 1. The first kappa shape index (κ1) is 14.6. The number of rotatable bonds is 3. The number of benzene rings is 1. The minimum atomic E-state index is -0.754. The first-order chi connectivity index (χ1) is 9.40. The number of anilines is 1. The van der Waals surface area contributed by atoms with Crippen molar-refractivity contribution in [3.8, 4) is 11.6 Å². The van der Waals surface area contributed by atoms with Crippen LogP contribution in [0.3, 0.4) is 0 Å². The van der Waals surface area contributed by atoms with Crippen LogP contribution in [0.2, 0.25) is 15.1 Å². The quantitative estimate of drug-likeness (QED) is 0.521. The highest BCUT2D eigenvalue weighted by molar-refractivity contribution is 6.43. The van der Waals surface area contributed by atoms with Crippen molar-refractivity contribution < 1.29 is 9.66 Å². The van der Waals surface area contributed by atoms with E-state index in [1.54, 1.807) is 0 Å². The van der Waals surface area contributed by atoms with E-state index in [1.807, 2.05) is 0 Å². The van der Waals surface area contributed by atoms with Gasteiger partial charge < -0.3 is 10.5 Å². The number of nitrogens with two attached hydrogens (primary N) is 1. The van der Waals surface area contributed by atoms with E-state index in [0.29, 0.717) is 0 Å². The summed E-state index contributed by atoms with van der Waals surface area (Å²) < 4.78 is 5.27. The Balaban J connectivity index is 2.48. The van der Waals surface area contributed by atoms with Crippen molar-refractivity contribution in [2.45, 2.75) is 0 Å². The largest absolute Gasteiger partial charge is 0.432 e. The maximum Gasteiger partial charge on any atom is 0.372 e. The summed E-state index contributed by atoms with van der Waals surface area (Å²) in [6, 6.07) is 2.66. The predicted octanol–water partition coefficient (Wildman–Crippen LogP) is 3.72. The molecule has 0 unspecified atom stereocenters. The third kappa shape index (κ3) is 2.84. The Morgan fingerprint density at radius 3 is 2.45 bits per heavy atom. The van der Waals surface area contributed by atoms with E-state index in [4.69, 9.17) is 45.3 Å². The number of nitrogen functional groups attached to an aromatic ring is 1. The molecule has 1 heterocycles. The lowest BCUT2D eigenvalue weighted by atomic mass is 10.3. The molecule has 0 fully saturated rings. The number of ether oxygens (including phenoxy) is 1. The maximum absolute atomic E-state index is 10.9. The summed E-state index contributed by atoms with van der Waals surface area (Å²) in [7, 11) is 0. The predicted molar refractivity (Wildman–Crippen MR) is 74.6 cm³/mol. The van der Waals surface area contributed by atoms with Gasteiger partial charge in [0, 0.05) is 6.07 Å². The molecule has 0 amide bonds. The average Bonchev–Trinajstić information content (AvgIpc) is 2.35. The lowest BCUT2D eigenvalue weighted by molar-refractivity contribution is -0.385. The van der Waals surface area contributed by atoms with Crippen LogP contribution in [-0.4, -0.2) is 14.9 Å². The van der Waals surface area contributed by atoms with E-state index in [1.165, 1.54) is 12.1 Å². The fourth-order valence-corrected chi connectivity index (χ4v) is 1.88. The molecule has 1 aromatic carbocycles. The van der Waals surface area contributed by atoms with E-state index in [2.05, 4.69) is 9.97 Å². The van der Waals surface area contributed by atoms with Gasteiger partial charge in [-0.3, -0.25) is 10.1 Å². The Kier molecular flexibility index (Phi) is 4.12. The lowest BCUT2D eigenvalue weighted by Crippen LogP contribution is -2.02. The molecule has 0 spiro atoms. The van der Waals surface area contributed by atoms with Gasteiger partial charge in [0.05, 0.1) is 20.0 Å². The van der Waals surface area contributed by atoms with Gasteiger partial charge in [-0.15, -0.1) is 0 Å². The standard InChI is InChI=1S/C10H5Cl3N4O3/c11-4-1-6(13)7(2-5(4)12)20-10-8(17(18)19)9(14)15-3-16-10/h1-3H,(H2,14,15,16). The van der Waals surface area contributed by atoms with Crippen molar-refractivity contribution in [1.29, 1.82) is 0 Å². The average molecular weight is 336 g/mol. The van der Waals surface area contributed by atoms with Gasteiger partial charge in [-0.25, -0.2) is 4.98 Å². The zero-order chi connectivity index (χ0) is 14.9. The second kappa shape index (κ2) is 5.66. The molecule has 2 N–H and O–H groups in total. The van der Waals surface area contributed by atoms with Gasteiger partial charge in [0.25, 0.3) is 0 Å². The van der Waals surface area contributed by atoms with Crippen LogP contribution in [-0.2, 0) is 0 Å². The number of hydrogen-bond acceptors (Lipinski definition) is 6. The zero-order valence-electron chi connectivity index (χ0n) is 9.51. The summed E-state index contributed by atoms with van der Waals surface area (Å²) >= 11 is 17.5. The SMILES string of the molecule is Nc1ncnc(Oc2cc(Cl)c(Cl)cc2Cl)c1[N+](=O)[O-]. The van der Waals surface area contributed by atoms with Crippen molar-refractivity contribution in [2.24, 2.45) is 0 Å². The molecule has 0 atom stereocenters. The molecule has 0 radical (unpaired) electrons. The topological polar surface area (TPSA) is 104 Å². The van der Waals surface area contributed by atoms with Gasteiger partial charge in [-0.2, -0.15) is 4.98 Å². The second-order valence-electron chi connectivity index (χ2n) is 3.47. The van der Waals surface area contributed by atoms with E-state index in [-0.39, 0.29) is 32.5 Å². The second-order valence-corrected chi connectivity index (χ2v) is 4.69. The molecular weight excluding hydrogens is 330 g/mol. The minimum Gasteiger partial charge on any atom is -0.432 e. The molecule has 104 valence electrons. The van der Waals surface area contributed by atoms with Crippen LogP contribution in [0.15, 0.2) is 18.5 Å². The van der Waals surface area contributed by atoms with Gasteiger partial charge in [0.15, 0.2) is 0 Å². The van der Waals surface area contributed by atoms with Gasteiger partial charge in [-0.1, -0.05) is 34.8 Å². The zero-order valence-corrected chi connectivity index (χ0v) is 11.8. The first-order valence-corrected chi connectivity index (χ1v) is 6.10. The van der Waals surface area contributed by atoms with Crippen LogP contribution >= 0.6 is 34.8 Å². The summed E-state index contributed by atoms with van der Waals surface area (Å²) in [5.41, 5.74) is 4.85. The Labute approximate surface area is 127 Å². The number of nitro groups is 1. The molecule has 7 nitrogen and oxygen atoms in total. The van der Waals surface area contributed by atoms with Gasteiger partial charge in [-0.05, 0) is 6.07 Å². The van der Waals surface area contributed by atoms with Crippen LogP contribution in [0, 0.1) is 10.1 Å². The summed E-state index contributed by atoms with van der Waals surface area (Å²) in [5, 5.41) is 11.4. The van der Waals surface area contributed by atoms with Crippen molar-refractivity contribution in [2.75, 3.05) is 5.73 Å². The number of nitrogens with zero attached hydrogens (tertiary/aromatic N) is 3. The molecule has 0 saturated heterocycles. The lowest BCUT2D eigenvalue weighted by Gasteiger charge is -2.08. The maximum atomic E-state index is 10.9. The minimum absolute atomic E-state index is 0.0577. The third-order valence-electron chi connectivity index (χ3n) is 2.18. The summed E-state index contributed by atoms with van der Waals surface area (Å²) in [4.78, 5) is 17.4. The smallest absolute Gasteiger partial charge is 0.372 e. The van der Waals surface area contributed by atoms with Crippen LogP contribution in [0.1, 0.15) is 0 Å². The normalized spacial score (nSPS) is 10.3. The fourth-order valence-electron chi connectivity index (χ4n) is 1.31. The van der Waals surface area contributed by atoms with E-state index < -0.39 is 10.6 Å². The fraction of sp³-hybridized carbons (Fsp3) is 0. The third-order valence-corrected chi connectivity index (χ3v) is 3.20. The molecule has 0 bridgehead atoms. The first-order valence-electron chi connectivity index (χ1n) is 4.97. The number of aromatic nitrogens is 2. The van der Waals surface area contributed by atoms with E-state index in [9.17, 15) is 10.1 Å². The van der Waals surface area contributed by atoms with Crippen LogP contribution in [0.25, 0.3) is 0 Å². The summed E-state index contributed by atoms with van der Waals surface area (Å²) in [6.07, 6.45) is 1.03. The Morgan fingerprint density at radius 1 is 1.15 bits per heavy atom.